The van der Waals surface area contributed by atoms with Crippen LogP contribution in [-0.4, -0.2) is 10.9 Å². The van der Waals surface area contributed by atoms with Gasteiger partial charge in [-0.1, -0.05) is 17.4 Å². The van der Waals surface area contributed by atoms with Crippen LogP contribution in [0.25, 0.3) is 0 Å². The van der Waals surface area contributed by atoms with Gasteiger partial charge in [0.05, 0.1) is 6.54 Å². The molecule has 3 rings (SSSR count). The monoisotopic (exact) mass is 310 g/mol. The molecule has 0 radical (unpaired) electrons. The number of amides is 1. The molecule has 0 spiro atoms. The highest BCUT2D eigenvalue weighted by Gasteiger charge is 2.44. The van der Waals surface area contributed by atoms with Crippen molar-refractivity contribution in [3.05, 3.63) is 56.1 Å². The fourth-order valence-electron chi connectivity index (χ4n) is 2.31. The molecule has 2 N–H and O–H groups in total. The Morgan fingerprint density at radius 3 is 2.86 bits per heavy atom. The zero-order valence-corrected chi connectivity index (χ0v) is 11.7. The van der Waals surface area contributed by atoms with E-state index >= 15 is 0 Å². The summed E-state index contributed by atoms with van der Waals surface area (Å²) in [5, 5.41) is 4.38. The molecule has 0 bridgehead atoms. The molecule has 7 heteroatoms. The maximum atomic E-state index is 13.2. The Bertz CT molecular complexity index is 741. The van der Waals surface area contributed by atoms with E-state index in [0.29, 0.717) is 17.7 Å². The number of rotatable bonds is 4. The van der Waals surface area contributed by atoms with Gasteiger partial charge in [0, 0.05) is 17.0 Å². The van der Waals surface area contributed by atoms with Crippen LogP contribution in [0.1, 0.15) is 23.6 Å². The molecule has 1 aliphatic rings. The smallest absolute Gasteiger partial charge is 0.304 e. The van der Waals surface area contributed by atoms with E-state index in [1.807, 2.05) is 0 Å². The predicted molar refractivity (Wildman–Crippen MR) is 74.0 cm³/mol. The molecule has 1 aromatic heterocycles. The Morgan fingerprint density at radius 2 is 2.19 bits per heavy atom. The number of aromatic nitrogens is 1. The molecule has 2 aromatic rings. The number of carbonyl (C=O) groups excluding carboxylic acids is 1. The van der Waals surface area contributed by atoms with E-state index in [2.05, 4.69) is 10.3 Å². The topological polar surface area (TPSA) is 62.0 Å². The third-order valence-corrected chi connectivity index (χ3v) is 4.24. The summed E-state index contributed by atoms with van der Waals surface area (Å²) in [5.74, 6) is -2.21. The van der Waals surface area contributed by atoms with Gasteiger partial charge in [0.2, 0.25) is 5.91 Å². The van der Waals surface area contributed by atoms with Gasteiger partial charge >= 0.3 is 4.87 Å². The molecular weight excluding hydrogens is 298 g/mol. The molecule has 1 aliphatic carbocycles. The van der Waals surface area contributed by atoms with Gasteiger partial charge in [-0.3, -0.25) is 9.59 Å². The van der Waals surface area contributed by atoms with Crippen molar-refractivity contribution in [3.63, 3.8) is 0 Å². The third kappa shape index (κ3) is 3.02. The molecule has 0 unspecified atom stereocenters. The zero-order chi connectivity index (χ0) is 15.0. The lowest BCUT2D eigenvalue weighted by atomic mass is 10.1. The van der Waals surface area contributed by atoms with Crippen LogP contribution in [0.5, 0.6) is 0 Å². The Hall–Kier alpha value is -2.02. The first-order chi connectivity index (χ1) is 10.0. The van der Waals surface area contributed by atoms with Crippen molar-refractivity contribution in [1.29, 1.82) is 0 Å². The number of aromatic amines is 1. The van der Waals surface area contributed by atoms with Crippen LogP contribution in [0.3, 0.4) is 0 Å². The number of carbonyl (C=O) groups is 1. The number of halogens is 2. The molecule has 1 amide bonds. The maximum absolute atomic E-state index is 13.2. The Labute approximate surface area is 122 Å². The van der Waals surface area contributed by atoms with Crippen molar-refractivity contribution in [3.8, 4) is 0 Å². The van der Waals surface area contributed by atoms with Gasteiger partial charge in [0.15, 0.2) is 11.6 Å². The number of hydrogen-bond acceptors (Lipinski definition) is 3. The van der Waals surface area contributed by atoms with E-state index in [1.54, 1.807) is 5.38 Å². The van der Waals surface area contributed by atoms with Gasteiger partial charge in [-0.05, 0) is 30.0 Å². The molecule has 0 aliphatic heterocycles. The highest BCUT2D eigenvalue weighted by atomic mass is 32.1. The van der Waals surface area contributed by atoms with Crippen LogP contribution < -0.4 is 10.2 Å². The summed E-state index contributed by atoms with van der Waals surface area (Å²) < 4.78 is 26.0. The minimum Gasteiger partial charge on any atom is -0.350 e. The second kappa shape index (κ2) is 5.40. The van der Waals surface area contributed by atoms with E-state index in [1.165, 1.54) is 6.07 Å². The third-order valence-electron chi connectivity index (χ3n) is 3.52. The van der Waals surface area contributed by atoms with E-state index in [-0.39, 0.29) is 29.2 Å². The summed E-state index contributed by atoms with van der Waals surface area (Å²) >= 11 is 1.04. The quantitative estimate of drug-likeness (QED) is 0.909. The second-order valence-corrected chi connectivity index (χ2v) is 5.86. The SMILES string of the molecule is O=C(NCc1csc(=O)[nH]1)[C@@H]1C[C@@H]1c1ccc(F)c(F)c1. The Morgan fingerprint density at radius 1 is 1.38 bits per heavy atom. The number of thiazole rings is 1. The molecule has 1 fully saturated rings. The fraction of sp³-hybridized carbons (Fsp3) is 0.286. The highest BCUT2D eigenvalue weighted by molar-refractivity contribution is 7.07. The maximum Gasteiger partial charge on any atom is 0.304 e. The van der Waals surface area contributed by atoms with Crippen LogP contribution in [0, 0.1) is 17.6 Å². The Balaban J connectivity index is 1.58. The zero-order valence-electron chi connectivity index (χ0n) is 10.9. The van der Waals surface area contributed by atoms with Gasteiger partial charge in [-0.2, -0.15) is 0 Å². The number of nitrogens with one attached hydrogen (secondary N) is 2. The van der Waals surface area contributed by atoms with E-state index in [4.69, 9.17) is 0 Å². The normalized spacial score (nSPS) is 20.3. The van der Waals surface area contributed by atoms with E-state index < -0.39 is 11.6 Å². The molecule has 0 saturated heterocycles. The van der Waals surface area contributed by atoms with Gasteiger partial charge in [0.25, 0.3) is 0 Å². The average molecular weight is 310 g/mol. The first-order valence-electron chi connectivity index (χ1n) is 6.44. The van der Waals surface area contributed by atoms with Crippen molar-refractivity contribution in [1.82, 2.24) is 10.3 Å². The lowest BCUT2D eigenvalue weighted by Gasteiger charge is -2.04. The largest absolute Gasteiger partial charge is 0.350 e. The molecule has 1 heterocycles. The number of benzene rings is 1. The molecule has 21 heavy (non-hydrogen) atoms. The van der Waals surface area contributed by atoms with Crippen molar-refractivity contribution >= 4 is 17.2 Å². The summed E-state index contributed by atoms with van der Waals surface area (Å²) in [6.45, 7) is 0.262. The van der Waals surface area contributed by atoms with Crippen LogP contribution >= 0.6 is 11.3 Å². The van der Waals surface area contributed by atoms with Crippen molar-refractivity contribution in [2.24, 2.45) is 5.92 Å². The summed E-state index contributed by atoms with van der Waals surface area (Å²) in [6, 6.07) is 3.73. The lowest BCUT2D eigenvalue weighted by Crippen LogP contribution is -2.25. The van der Waals surface area contributed by atoms with Crippen molar-refractivity contribution in [2.75, 3.05) is 0 Å². The molecule has 2 atom stereocenters. The summed E-state index contributed by atoms with van der Waals surface area (Å²) in [6.07, 6.45) is 0.622. The first kappa shape index (κ1) is 13.9. The minimum absolute atomic E-state index is 0.0679. The highest BCUT2D eigenvalue weighted by Crippen LogP contribution is 2.47. The molecular formula is C14H12F2N2O2S. The van der Waals surface area contributed by atoms with Crippen LogP contribution in [0.2, 0.25) is 0 Å². The van der Waals surface area contributed by atoms with Gasteiger partial charge in [-0.25, -0.2) is 8.78 Å². The molecule has 1 saturated carbocycles. The van der Waals surface area contributed by atoms with Crippen LogP contribution in [-0.2, 0) is 11.3 Å². The fourth-order valence-corrected chi connectivity index (χ4v) is 2.89. The standard InChI is InChI=1S/C14H12F2N2O2S/c15-11-2-1-7(3-12(11)16)9-4-10(9)13(19)17-5-8-6-21-14(20)18-8/h1-3,6,9-10H,4-5H2,(H,17,19)(H,18,20)/t9-,10-/m1/s1. The second-order valence-electron chi connectivity index (χ2n) is 5.01. The molecule has 1 aromatic carbocycles. The van der Waals surface area contributed by atoms with Gasteiger partial charge in [0.1, 0.15) is 0 Å². The first-order valence-corrected chi connectivity index (χ1v) is 7.32. The van der Waals surface area contributed by atoms with Crippen LogP contribution in [0.4, 0.5) is 8.78 Å². The Kier molecular flexibility index (Phi) is 3.59. The number of H-pyrrole nitrogens is 1. The summed E-state index contributed by atoms with van der Waals surface area (Å²) in [5.41, 5.74) is 1.29. The van der Waals surface area contributed by atoms with E-state index in [9.17, 15) is 18.4 Å². The predicted octanol–water partition coefficient (Wildman–Crippen LogP) is 2.13. The van der Waals surface area contributed by atoms with Gasteiger partial charge in [-0.15, -0.1) is 0 Å². The molecule has 4 nitrogen and oxygen atoms in total. The van der Waals surface area contributed by atoms with Crippen LogP contribution in [0.15, 0.2) is 28.4 Å². The summed E-state index contributed by atoms with van der Waals surface area (Å²) in [7, 11) is 0. The van der Waals surface area contributed by atoms with Crippen molar-refractivity contribution < 1.29 is 13.6 Å². The minimum atomic E-state index is -0.894. The summed E-state index contributed by atoms with van der Waals surface area (Å²) in [4.78, 5) is 25.4. The van der Waals surface area contributed by atoms with Gasteiger partial charge < -0.3 is 10.3 Å². The van der Waals surface area contributed by atoms with E-state index in [0.717, 1.165) is 23.5 Å². The lowest BCUT2D eigenvalue weighted by molar-refractivity contribution is -0.122. The van der Waals surface area contributed by atoms with Crippen molar-refractivity contribution in [2.45, 2.75) is 18.9 Å². The average Bonchev–Trinajstić information content (AvgIpc) is 3.15. The molecule has 110 valence electrons. The number of hydrogen-bond donors (Lipinski definition) is 2.